The summed E-state index contributed by atoms with van der Waals surface area (Å²) in [6.45, 7) is 0. The third kappa shape index (κ3) is 3.61. The summed E-state index contributed by atoms with van der Waals surface area (Å²) in [4.78, 5) is 39.1. The molecule has 1 fully saturated rings. The number of methoxy groups -OCH3 is 3. The Morgan fingerprint density at radius 3 is 2.00 bits per heavy atom. The average molecular weight is 476 g/mol. The summed E-state index contributed by atoms with van der Waals surface area (Å²) in [5.74, 6) is -4.28. The Hall–Kier alpha value is -2.71. The van der Waals surface area contributed by atoms with E-state index >= 15 is 0 Å². The fourth-order valence-corrected chi connectivity index (χ4v) is 4.40. The molecule has 4 atom stereocenters. The van der Waals surface area contributed by atoms with Gasteiger partial charge < -0.3 is 14.2 Å². The van der Waals surface area contributed by atoms with E-state index in [1.807, 2.05) is 24.3 Å². The Morgan fingerprint density at radius 1 is 0.867 bits per heavy atom. The molecule has 8 heteroatoms. The van der Waals surface area contributed by atoms with Gasteiger partial charge in [-0.05, 0) is 23.3 Å². The molecule has 0 aliphatic carbocycles. The lowest BCUT2D eigenvalue weighted by molar-refractivity contribution is -0.164. The third-order valence-electron chi connectivity index (χ3n) is 5.46. The van der Waals surface area contributed by atoms with Crippen LogP contribution in [0.15, 0.2) is 59.1 Å². The van der Waals surface area contributed by atoms with E-state index in [1.165, 1.54) is 21.3 Å². The molecule has 30 heavy (non-hydrogen) atoms. The first-order valence-electron chi connectivity index (χ1n) is 9.23. The quantitative estimate of drug-likeness (QED) is 0.524. The zero-order valence-corrected chi connectivity index (χ0v) is 18.3. The molecule has 1 N–H and O–H groups in total. The number of ether oxygens (including phenoxy) is 3. The molecule has 1 aliphatic heterocycles. The lowest BCUT2D eigenvalue weighted by atomic mass is 9.74. The van der Waals surface area contributed by atoms with Crippen molar-refractivity contribution in [2.45, 2.75) is 11.6 Å². The van der Waals surface area contributed by atoms with E-state index in [9.17, 15) is 14.4 Å². The van der Waals surface area contributed by atoms with Crippen molar-refractivity contribution in [2.24, 2.45) is 11.8 Å². The van der Waals surface area contributed by atoms with Crippen molar-refractivity contribution < 1.29 is 28.6 Å². The van der Waals surface area contributed by atoms with Crippen molar-refractivity contribution >= 4 is 33.8 Å². The molecule has 1 aliphatic rings. The van der Waals surface area contributed by atoms with Gasteiger partial charge in [0.25, 0.3) is 0 Å². The minimum absolute atomic E-state index is 0.487. The molecule has 0 bridgehead atoms. The summed E-state index contributed by atoms with van der Waals surface area (Å²) in [6, 6.07) is 15.3. The summed E-state index contributed by atoms with van der Waals surface area (Å²) in [5, 5.41) is 3.25. The summed E-state index contributed by atoms with van der Waals surface area (Å²) in [6.07, 6.45) is 0. The highest BCUT2D eigenvalue weighted by Gasteiger charge is 2.65. The normalized spacial score (nSPS) is 25.4. The first kappa shape index (κ1) is 22.0. The van der Waals surface area contributed by atoms with Crippen molar-refractivity contribution in [2.75, 3.05) is 21.3 Å². The first-order valence-corrected chi connectivity index (χ1v) is 10.0. The van der Waals surface area contributed by atoms with Crippen molar-refractivity contribution in [3.63, 3.8) is 0 Å². The fourth-order valence-electron chi connectivity index (χ4n) is 4.13. The summed E-state index contributed by atoms with van der Waals surface area (Å²) < 4.78 is 16.0. The van der Waals surface area contributed by atoms with Gasteiger partial charge in [0.05, 0.1) is 27.2 Å². The maximum Gasteiger partial charge on any atom is 0.331 e. The largest absolute Gasteiger partial charge is 0.469 e. The highest BCUT2D eigenvalue weighted by molar-refractivity contribution is 9.10. The number of hydrogen-bond donors (Lipinski definition) is 1. The van der Waals surface area contributed by atoms with E-state index in [0.29, 0.717) is 11.1 Å². The van der Waals surface area contributed by atoms with Crippen LogP contribution in [0.1, 0.15) is 17.2 Å². The summed E-state index contributed by atoms with van der Waals surface area (Å²) in [7, 11) is 3.70. The van der Waals surface area contributed by atoms with Crippen LogP contribution >= 0.6 is 15.9 Å². The van der Waals surface area contributed by atoms with E-state index in [2.05, 4.69) is 21.2 Å². The average Bonchev–Trinajstić information content (AvgIpc) is 3.15. The maximum absolute atomic E-state index is 13.2. The van der Waals surface area contributed by atoms with E-state index in [4.69, 9.17) is 14.2 Å². The number of rotatable bonds is 5. The predicted molar refractivity (Wildman–Crippen MR) is 111 cm³/mol. The van der Waals surface area contributed by atoms with Crippen molar-refractivity contribution in [3.8, 4) is 0 Å². The lowest BCUT2D eigenvalue weighted by Crippen LogP contribution is -2.53. The molecule has 2 aromatic carbocycles. The topological polar surface area (TPSA) is 90.9 Å². The number of hydrogen-bond acceptors (Lipinski definition) is 7. The van der Waals surface area contributed by atoms with Crippen LogP contribution in [0.3, 0.4) is 0 Å². The Balaban J connectivity index is 2.29. The zero-order valence-electron chi connectivity index (χ0n) is 16.8. The minimum Gasteiger partial charge on any atom is -0.469 e. The second-order valence-electron chi connectivity index (χ2n) is 6.89. The monoisotopic (exact) mass is 475 g/mol. The van der Waals surface area contributed by atoms with Crippen LogP contribution in [-0.2, 0) is 34.1 Å². The Kier molecular flexibility index (Phi) is 6.58. The molecule has 0 spiro atoms. The van der Waals surface area contributed by atoms with Gasteiger partial charge in [-0.3, -0.25) is 14.9 Å². The van der Waals surface area contributed by atoms with E-state index in [0.717, 1.165) is 4.47 Å². The van der Waals surface area contributed by atoms with Crippen LogP contribution in [-0.4, -0.2) is 39.2 Å². The van der Waals surface area contributed by atoms with Crippen molar-refractivity contribution in [1.82, 2.24) is 5.32 Å². The molecule has 0 radical (unpaired) electrons. The molecule has 0 amide bonds. The van der Waals surface area contributed by atoms with Crippen molar-refractivity contribution in [1.29, 1.82) is 0 Å². The molecule has 0 aromatic heterocycles. The molecular weight excluding hydrogens is 454 g/mol. The number of carbonyl (C=O) groups is 3. The van der Waals surface area contributed by atoms with E-state index < -0.39 is 41.3 Å². The Labute approximate surface area is 182 Å². The van der Waals surface area contributed by atoms with Crippen molar-refractivity contribution in [3.05, 3.63) is 70.2 Å². The number of nitrogens with one attached hydrogen (secondary N) is 1. The van der Waals surface area contributed by atoms with E-state index in [-0.39, 0.29) is 0 Å². The maximum atomic E-state index is 13.2. The van der Waals surface area contributed by atoms with Gasteiger partial charge in [0.15, 0.2) is 5.54 Å². The minimum atomic E-state index is -1.64. The number of carbonyl (C=O) groups excluding carboxylic acids is 3. The van der Waals surface area contributed by atoms with Gasteiger partial charge in [0.2, 0.25) is 0 Å². The fraction of sp³-hybridized carbons (Fsp3) is 0.318. The molecule has 7 nitrogen and oxygen atoms in total. The zero-order chi connectivity index (χ0) is 21.9. The first-order chi connectivity index (χ1) is 14.4. The standard InChI is InChI=1S/C22H22BrNO6/c1-28-19(25)16-17(20(26)29-2)22(21(27)30-3,14-7-5-4-6-8-14)24-18(16)13-9-11-15(23)12-10-13/h4-12,16-18,24H,1-3H3/t16-,17-,18-,22-/m1/s1. The van der Waals surface area contributed by atoms with Gasteiger partial charge in [0, 0.05) is 10.5 Å². The highest BCUT2D eigenvalue weighted by Crippen LogP contribution is 2.50. The number of halogens is 1. The van der Waals surface area contributed by atoms with Gasteiger partial charge in [0.1, 0.15) is 5.92 Å². The molecule has 1 heterocycles. The van der Waals surface area contributed by atoms with Crippen LogP contribution in [0.25, 0.3) is 0 Å². The predicted octanol–water partition coefficient (Wildman–Crippen LogP) is 2.74. The molecular formula is C22H22BrNO6. The van der Waals surface area contributed by atoms with E-state index in [1.54, 1.807) is 30.3 Å². The SMILES string of the molecule is COC(=O)[C@H]1[C@@H](c2ccc(Br)cc2)N[C@](C(=O)OC)(c2ccccc2)[C@H]1C(=O)OC. The van der Waals surface area contributed by atoms with Crippen LogP contribution in [0, 0.1) is 11.8 Å². The van der Waals surface area contributed by atoms with Gasteiger partial charge in [-0.2, -0.15) is 0 Å². The van der Waals surface area contributed by atoms with Gasteiger partial charge in [-0.15, -0.1) is 0 Å². The van der Waals surface area contributed by atoms with Crippen LogP contribution < -0.4 is 5.32 Å². The third-order valence-corrected chi connectivity index (χ3v) is 5.99. The molecule has 1 saturated heterocycles. The number of benzene rings is 2. The lowest BCUT2D eigenvalue weighted by Gasteiger charge is -2.32. The molecule has 158 valence electrons. The summed E-state index contributed by atoms with van der Waals surface area (Å²) in [5.41, 5.74) is -0.440. The Bertz CT molecular complexity index is 932. The van der Waals surface area contributed by atoms with Gasteiger partial charge in [-0.1, -0.05) is 58.4 Å². The van der Waals surface area contributed by atoms with Crippen LogP contribution in [0.5, 0.6) is 0 Å². The Morgan fingerprint density at radius 2 is 1.47 bits per heavy atom. The second-order valence-corrected chi connectivity index (χ2v) is 7.80. The molecule has 0 unspecified atom stereocenters. The van der Waals surface area contributed by atoms with Gasteiger partial charge in [-0.25, -0.2) is 4.79 Å². The smallest absolute Gasteiger partial charge is 0.331 e. The highest BCUT2D eigenvalue weighted by atomic mass is 79.9. The second kappa shape index (κ2) is 8.97. The van der Waals surface area contributed by atoms with Gasteiger partial charge >= 0.3 is 17.9 Å². The van der Waals surface area contributed by atoms with Crippen LogP contribution in [0.4, 0.5) is 0 Å². The number of esters is 3. The molecule has 2 aromatic rings. The molecule has 3 rings (SSSR count). The summed E-state index contributed by atoms with van der Waals surface area (Å²) >= 11 is 3.39. The molecule has 0 saturated carbocycles. The van der Waals surface area contributed by atoms with Crippen LogP contribution in [0.2, 0.25) is 0 Å².